The Labute approximate surface area is 208 Å². The first-order chi connectivity index (χ1) is 16.4. The monoisotopic (exact) mass is 482 g/mol. The van der Waals surface area contributed by atoms with Crippen LogP contribution in [0.5, 0.6) is 0 Å². The number of halogens is 2. The Morgan fingerprint density at radius 2 is 1.77 bits per heavy atom. The van der Waals surface area contributed by atoms with Crippen molar-refractivity contribution in [2.75, 3.05) is 5.73 Å². The number of aryl methyl sites for hydroxylation is 1. The first kappa shape index (κ1) is 28.4. The predicted octanol–water partition coefficient (Wildman–Crippen LogP) is 6.23. The van der Waals surface area contributed by atoms with Crippen molar-refractivity contribution in [3.05, 3.63) is 30.1 Å². The molecule has 1 aliphatic rings. The summed E-state index contributed by atoms with van der Waals surface area (Å²) in [7, 11) is 5.97. The molecule has 2 N–H and O–H groups in total. The third kappa shape index (κ3) is 8.71. The Kier molecular flexibility index (Phi) is 10.3. The Morgan fingerprint density at radius 1 is 1.14 bits per heavy atom. The Morgan fingerprint density at radius 3 is 2.26 bits per heavy atom. The minimum absolute atomic E-state index is 0.0278. The third-order valence-electron chi connectivity index (χ3n) is 5.75. The predicted molar refractivity (Wildman–Crippen MR) is 142 cm³/mol. The van der Waals surface area contributed by atoms with Gasteiger partial charge in [-0.3, -0.25) is 9.98 Å². The molecule has 9 heteroatoms. The molecule has 3 aromatic rings. The van der Waals surface area contributed by atoms with Gasteiger partial charge in [0.1, 0.15) is 7.85 Å². The number of pyridine rings is 1. The number of hydrogen-bond acceptors (Lipinski definition) is 5. The van der Waals surface area contributed by atoms with Crippen molar-refractivity contribution in [3.8, 4) is 11.3 Å². The molecule has 1 saturated carbocycles. The molecule has 6 nitrogen and oxygen atoms in total. The van der Waals surface area contributed by atoms with Gasteiger partial charge in [-0.15, -0.1) is 5.10 Å². The van der Waals surface area contributed by atoms with Crippen molar-refractivity contribution in [2.24, 2.45) is 10.4 Å². The van der Waals surface area contributed by atoms with Crippen LogP contribution in [-0.4, -0.2) is 39.6 Å². The highest BCUT2D eigenvalue weighted by Crippen LogP contribution is 2.34. The summed E-state index contributed by atoms with van der Waals surface area (Å²) in [5.41, 5.74) is 11.7. The minimum atomic E-state index is -2.12. The molecule has 3 aromatic heterocycles. The topological polar surface area (TPSA) is 81.5 Å². The van der Waals surface area contributed by atoms with Crippen LogP contribution in [0.2, 0.25) is 0 Å². The Balaban J connectivity index is 0.000000273. The molecule has 0 saturated heterocycles. The van der Waals surface area contributed by atoms with Crippen molar-refractivity contribution < 1.29 is 8.78 Å². The summed E-state index contributed by atoms with van der Waals surface area (Å²) < 4.78 is 23.1. The number of nitrogens with two attached hydrogens (primary N) is 1. The smallest absolute Gasteiger partial charge is 0.238 e. The number of nitrogens with zero attached hydrogens (tertiary/aromatic N) is 5. The molecule has 1 aliphatic carbocycles. The zero-order valence-electron chi connectivity index (χ0n) is 21.8. The fourth-order valence-corrected chi connectivity index (χ4v) is 3.85. The number of aromatic nitrogens is 4. The molecule has 188 valence electrons. The number of aliphatic imine (C=N–C) groups is 1. The number of hydrogen-bond donors (Lipinski definition) is 1. The maximum Gasteiger partial charge on any atom is 0.238 e. The third-order valence-corrected chi connectivity index (χ3v) is 5.75. The van der Waals surface area contributed by atoms with Crippen LogP contribution in [0, 0.1) is 12.3 Å². The minimum Gasteiger partial charge on any atom is -0.367 e. The first-order valence-corrected chi connectivity index (χ1v) is 12.1. The van der Waals surface area contributed by atoms with E-state index in [-0.39, 0.29) is 12.4 Å². The van der Waals surface area contributed by atoms with Crippen molar-refractivity contribution in [1.29, 1.82) is 0 Å². The van der Waals surface area contributed by atoms with Gasteiger partial charge in [-0.2, -0.15) is 0 Å². The van der Waals surface area contributed by atoms with Crippen LogP contribution < -0.4 is 11.3 Å². The standard InChI is InChI=1S/C15H15BN6.C8H16.C3H6F2/c1-8(2)18-11-4-5-12(19-9(11)3)10-6-7-22-13(10)14(16)20-15(17)21-22;1-8(2)6-4-3-5-7-8;1-2-3(4)5/h4-7H,1-3H3,(H2,17,21);3-7H2,1-2H3;3H,2H2,1H3. The SMILES string of the molecule is CC1(C)CCCCC1.CCC(F)F.[B]c1nc(N)nn2ccc(-c3ccc(N=C(C)C)c(C)n3)c12. The second-order valence-corrected chi connectivity index (χ2v) is 9.76. The summed E-state index contributed by atoms with van der Waals surface area (Å²) >= 11 is 0. The van der Waals surface area contributed by atoms with Gasteiger partial charge in [0, 0.05) is 29.5 Å². The van der Waals surface area contributed by atoms with Gasteiger partial charge >= 0.3 is 0 Å². The van der Waals surface area contributed by atoms with Crippen LogP contribution in [0.1, 0.15) is 78.8 Å². The van der Waals surface area contributed by atoms with Crippen LogP contribution in [0.25, 0.3) is 16.8 Å². The lowest BCUT2D eigenvalue weighted by atomic mass is 9.78. The highest BCUT2D eigenvalue weighted by Gasteiger charge is 2.20. The highest BCUT2D eigenvalue weighted by atomic mass is 19.3. The van der Waals surface area contributed by atoms with E-state index in [2.05, 4.69) is 33.9 Å². The van der Waals surface area contributed by atoms with Crippen LogP contribution in [0.3, 0.4) is 0 Å². The Hall–Kier alpha value is -2.84. The van der Waals surface area contributed by atoms with Crippen LogP contribution in [-0.2, 0) is 0 Å². The molecule has 0 aliphatic heterocycles. The summed E-state index contributed by atoms with van der Waals surface area (Å²) in [4.78, 5) is 13.1. The fraction of sp³-hybridized carbons (Fsp3) is 0.538. The van der Waals surface area contributed by atoms with E-state index in [9.17, 15) is 8.78 Å². The maximum atomic E-state index is 10.8. The van der Waals surface area contributed by atoms with Gasteiger partial charge in [-0.05, 0) is 57.2 Å². The van der Waals surface area contributed by atoms with E-state index in [4.69, 9.17) is 13.6 Å². The van der Waals surface area contributed by atoms with Gasteiger partial charge in [0.25, 0.3) is 0 Å². The van der Waals surface area contributed by atoms with Crippen molar-refractivity contribution in [1.82, 2.24) is 19.6 Å². The zero-order chi connectivity index (χ0) is 26.2. The molecule has 0 aromatic carbocycles. The van der Waals surface area contributed by atoms with E-state index in [0.717, 1.165) is 28.4 Å². The maximum absolute atomic E-state index is 10.8. The second-order valence-electron chi connectivity index (χ2n) is 9.76. The van der Waals surface area contributed by atoms with Gasteiger partial charge in [0.2, 0.25) is 12.4 Å². The fourth-order valence-electron chi connectivity index (χ4n) is 3.85. The Bertz CT molecular complexity index is 1130. The van der Waals surface area contributed by atoms with Crippen LogP contribution in [0.15, 0.2) is 29.4 Å². The van der Waals surface area contributed by atoms with E-state index in [0.29, 0.717) is 16.5 Å². The number of fused-ring (bicyclic) bond motifs is 1. The molecule has 4 rings (SSSR count). The van der Waals surface area contributed by atoms with Crippen LogP contribution in [0.4, 0.5) is 20.4 Å². The average Bonchev–Trinajstić information content (AvgIpc) is 3.20. The second kappa shape index (κ2) is 12.7. The van der Waals surface area contributed by atoms with Crippen molar-refractivity contribution in [3.63, 3.8) is 0 Å². The summed E-state index contributed by atoms with van der Waals surface area (Å²) in [5, 5.41) is 4.12. The van der Waals surface area contributed by atoms with E-state index in [1.54, 1.807) is 10.7 Å². The molecule has 2 radical (unpaired) electrons. The molecular weight excluding hydrogens is 445 g/mol. The molecule has 35 heavy (non-hydrogen) atoms. The number of anilines is 1. The van der Waals surface area contributed by atoms with E-state index in [1.807, 2.05) is 39.0 Å². The van der Waals surface area contributed by atoms with E-state index >= 15 is 0 Å². The van der Waals surface area contributed by atoms with Gasteiger partial charge in [-0.1, -0.05) is 40.0 Å². The lowest BCUT2D eigenvalue weighted by Gasteiger charge is -2.28. The average molecular weight is 482 g/mol. The summed E-state index contributed by atoms with van der Waals surface area (Å²) in [6.45, 7) is 12.1. The summed E-state index contributed by atoms with van der Waals surface area (Å²) in [6.07, 6.45) is 6.96. The number of rotatable bonds is 3. The number of nitrogen functional groups attached to an aromatic ring is 1. The van der Waals surface area contributed by atoms with Crippen molar-refractivity contribution >= 4 is 36.3 Å². The highest BCUT2D eigenvalue weighted by molar-refractivity contribution is 6.36. The van der Waals surface area contributed by atoms with Crippen molar-refractivity contribution in [2.45, 2.75) is 86.5 Å². The molecule has 3 heterocycles. The molecule has 0 spiro atoms. The molecular formula is C26H37BF2N6. The zero-order valence-corrected chi connectivity index (χ0v) is 21.8. The lowest BCUT2D eigenvalue weighted by molar-refractivity contribution is 0.144. The van der Waals surface area contributed by atoms with Gasteiger partial charge < -0.3 is 5.73 Å². The quantitative estimate of drug-likeness (QED) is 0.355. The molecule has 0 atom stereocenters. The first-order valence-electron chi connectivity index (χ1n) is 12.1. The van der Waals surface area contributed by atoms with Gasteiger partial charge in [-0.25, -0.2) is 18.3 Å². The largest absolute Gasteiger partial charge is 0.367 e. The molecule has 0 unspecified atom stereocenters. The lowest BCUT2D eigenvalue weighted by Crippen LogP contribution is -2.17. The molecule has 1 fully saturated rings. The summed E-state index contributed by atoms with van der Waals surface area (Å²) in [5.74, 6) is 0.138. The number of alkyl halides is 2. The van der Waals surface area contributed by atoms with Gasteiger partial charge in [0.05, 0.1) is 22.6 Å². The normalized spacial score (nSPS) is 14.5. The molecule has 0 bridgehead atoms. The molecule has 0 amide bonds. The van der Waals surface area contributed by atoms with Gasteiger partial charge in [0.15, 0.2) is 0 Å². The van der Waals surface area contributed by atoms with Crippen LogP contribution >= 0.6 is 0 Å². The van der Waals surface area contributed by atoms with E-state index in [1.165, 1.54) is 39.0 Å². The van der Waals surface area contributed by atoms with E-state index < -0.39 is 6.43 Å². The summed E-state index contributed by atoms with van der Waals surface area (Å²) in [6, 6.07) is 5.76.